The van der Waals surface area contributed by atoms with Gasteiger partial charge in [-0.25, -0.2) is 9.97 Å². The van der Waals surface area contributed by atoms with Crippen LogP contribution in [0.3, 0.4) is 0 Å². The number of carbonyl (C=O) groups excluding carboxylic acids is 2. The van der Waals surface area contributed by atoms with Crippen LogP contribution in [0.2, 0.25) is 5.02 Å². The average molecular weight is 581 g/mol. The van der Waals surface area contributed by atoms with Crippen molar-refractivity contribution in [2.24, 2.45) is 0 Å². The van der Waals surface area contributed by atoms with Gasteiger partial charge < -0.3 is 20.1 Å². The molecule has 0 spiro atoms. The van der Waals surface area contributed by atoms with E-state index >= 15 is 0 Å². The molecule has 1 aliphatic rings. The first-order valence-electron chi connectivity index (χ1n) is 13.4. The highest BCUT2D eigenvalue weighted by Crippen LogP contribution is 2.30. The first-order valence-corrected chi connectivity index (χ1v) is 13.8. The lowest BCUT2D eigenvalue weighted by Crippen LogP contribution is -2.13. The van der Waals surface area contributed by atoms with Crippen molar-refractivity contribution in [1.29, 1.82) is 0 Å². The normalized spacial score (nSPS) is 13.8. The first kappa shape index (κ1) is 28.7. The number of ketones is 1. The smallest absolute Gasteiger partial charge is 0.255 e. The van der Waals surface area contributed by atoms with Crippen molar-refractivity contribution in [3.8, 4) is 17.0 Å². The molecule has 1 amide bonds. The zero-order valence-corrected chi connectivity index (χ0v) is 23.6. The lowest BCUT2D eigenvalue weighted by Gasteiger charge is -2.14. The minimum atomic E-state index is -0.309. The molecule has 2 N–H and O–H groups in total. The molecule has 0 unspecified atom stereocenters. The number of halogens is 1. The molecule has 1 aromatic heterocycles. The molecule has 6 bridgehead atoms. The summed E-state index contributed by atoms with van der Waals surface area (Å²) in [6, 6.07) is 20.1. The number of allylic oxidation sites excluding steroid dienone is 1. The largest absolute Gasteiger partial charge is 0.493 e. The molecule has 212 valence electrons. The summed E-state index contributed by atoms with van der Waals surface area (Å²) in [7, 11) is 0. The molecule has 3 aromatic carbocycles. The predicted molar refractivity (Wildman–Crippen MR) is 164 cm³/mol. The lowest BCUT2D eigenvalue weighted by atomic mass is 10.1. The molecular weight excluding hydrogens is 552 g/mol. The van der Waals surface area contributed by atoms with Gasteiger partial charge in [-0.2, -0.15) is 0 Å². The molecule has 2 heterocycles. The molecule has 0 saturated heterocycles. The zero-order valence-electron chi connectivity index (χ0n) is 22.8. The van der Waals surface area contributed by atoms with Crippen LogP contribution in [0.25, 0.3) is 11.3 Å². The van der Waals surface area contributed by atoms with E-state index in [4.69, 9.17) is 21.1 Å². The summed E-state index contributed by atoms with van der Waals surface area (Å²) >= 11 is 6.48. The van der Waals surface area contributed by atoms with Crippen molar-refractivity contribution >= 4 is 40.6 Å². The molecule has 42 heavy (non-hydrogen) atoms. The number of rotatable bonds is 5. The van der Waals surface area contributed by atoms with Gasteiger partial charge in [0.25, 0.3) is 5.91 Å². The van der Waals surface area contributed by atoms with Gasteiger partial charge in [0.2, 0.25) is 5.95 Å². The number of benzene rings is 3. The van der Waals surface area contributed by atoms with Gasteiger partial charge in [-0.1, -0.05) is 54.6 Å². The molecule has 0 radical (unpaired) electrons. The van der Waals surface area contributed by atoms with Gasteiger partial charge >= 0.3 is 0 Å². The monoisotopic (exact) mass is 580 g/mol. The fraction of sp³-hybridized carbons (Fsp3) is 0.152. The molecular formula is C33H29ClN4O4. The molecule has 1 aliphatic heterocycles. The Kier molecular flexibility index (Phi) is 9.38. The van der Waals surface area contributed by atoms with Crippen molar-refractivity contribution in [1.82, 2.24) is 9.97 Å². The molecule has 0 atom stereocenters. The van der Waals surface area contributed by atoms with Crippen molar-refractivity contribution in [3.63, 3.8) is 0 Å². The summed E-state index contributed by atoms with van der Waals surface area (Å²) < 4.78 is 11.8. The number of nitrogens with zero attached hydrogens (tertiary/aromatic N) is 2. The number of anilines is 3. The van der Waals surface area contributed by atoms with E-state index < -0.39 is 0 Å². The topological polar surface area (TPSA) is 102 Å². The SMILES string of the molecule is C=CC(=O)Cc1cccc(C(=O)Nc2cc3cc(c2)Nc2ncc(Cl)c(n2)-c2cccc(c2)OCC/C=C/COC3)c1. The van der Waals surface area contributed by atoms with Gasteiger partial charge in [-0.3, -0.25) is 9.59 Å². The average Bonchev–Trinajstić information content (AvgIpc) is 2.99. The Balaban J connectivity index is 1.45. The number of amides is 1. The van der Waals surface area contributed by atoms with Crippen LogP contribution in [-0.2, 0) is 22.6 Å². The van der Waals surface area contributed by atoms with Gasteiger partial charge in [0, 0.05) is 28.9 Å². The van der Waals surface area contributed by atoms with Crippen LogP contribution < -0.4 is 15.4 Å². The minimum Gasteiger partial charge on any atom is -0.493 e. The van der Waals surface area contributed by atoms with Crippen LogP contribution in [0.15, 0.2) is 97.7 Å². The van der Waals surface area contributed by atoms with Crippen LogP contribution in [-0.4, -0.2) is 34.9 Å². The summed E-state index contributed by atoms with van der Waals surface area (Å²) in [5, 5.41) is 6.60. The third kappa shape index (κ3) is 7.69. The quantitative estimate of drug-likeness (QED) is 0.194. The maximum absolute atomic E-state index is 13.2. The second-order valence-electron chi connectivity index (χ2n) is 9.59. The number of carbonyl (C=O) groups is 2. The van der Waals surface area contributed by atoms with E-state index in [-0.39, 0.29) is 18.1 Å². The Morgan fingerprint density at radius 3 is 2.83 bits per heavy atom. The van der Waals surface area contributed by atoms with E-state index in [1.54, 1.807) is 36.5 Å². The van der Waals surface area contributed by atoms with Crippen molar-refractivity contribution in [2.75, 3.05) is 23.8 Å². The van der Waals surface area contributed by atoms with Gasteiger partial charge in [0.05, 0.1) is 36.7 Å². The molecule has 9 heteroatoms. The first-order chi connectivity index (χ1) is 20.5. The van der Waals surface area contributed by atoms with E-state index in [0.29, 0.717) is 59.2 Å². The summed E-state index contributed by atoms with van der Waals surface area (Å²) in [4.78, 5) is 34.0. The van der Waals surface area contributed by atoms with E-state index in [2.05, 4.69) is 27.2 Å². The van der Waals surface area contributed by atoms with Crippen LogP contribution >= 0.6 is 11.6 Å². The van der Waals surface area contributed by atoms with Crippen LogP contribution in [0, 0.1) is 0 Å². The van der Waals surface area contributed by atoms with E-state index in [1.165, 1.54) is 6.08 Å². The van der Waals surface area contributed by atoms with E-state index in [9.17, 15) is 9.59 Å². The van der Waals surface area contributed by atoms with Crippen LogP contribution in [0.5, 0.6) is 5.75 Å². The highest BCUT2D eigenvalue weighted by Gasteiger charge is 2.13. The maximum Gasteiger partial charge on any atom is 0.255 e. The number of fused-ring (bicyclic) bond motifs is 7. The minimum absolute atomic E-state index is 0.114. The second-order valence-corrected chi connectivity index (χ2v) is 9.99. The van der Waals surface area contributed by atoms with Gasteiger partial charge in [-0.05, 0) is 66.1 Å². The number of hydrogen-bond donors (Lipinski definition) is 2. The Labute approximate surface area is 249 Å². The van der Waals surface area contributed by atoms with E-state index in [1.807, 2.05) is 48.6 Å². The van der Waals surface area contributed by atoms with Gasteiger partial charge in [0.15, 0.2) is 5.78 Å². The fourth-order valence-electron chi connectivity index (χ4n) is 4.39. The molecule has 0 saturated carbocycles. The van der Waals surface area contributed by atoms with Gasteiger partial charge in [0.1, 0.15) is 5.75 Å². The Morgan fingerprint density at radius 2 is 1.95 bits per heavy atom. The maximum atomic E-state index is 13.2. The van der Waals surface area contributed by atoms with Gasteiger partial charge in [-0.15, -0.1) is 0 Å². The van der Waals surface area contributed by atoms with Crippen molar-refractivity contribution in [3.05, 3.63) is 119 Å². The third-order valence-electron chi connectivity index (χ3n) is 6.36. The number of ether oxygens (including phenoxy) is 2. The second kappa shape index (κ2) is 13.7. The summed E-state index contributed by atoms with van der Waals surface area (Å²) in [5.41, 5.74) is 4.57. The van der Waals surface area contributed by atoms with Crippen LogP contribution in [0.1, 0.15) is 27.9 Å². The molecule has 0 aliphatic carbocycles. The predicted octanol–water partition coefficient (Wildman–Crippen LogP) is 6.95. The third-order valence-corrected chi connectivity index (χ3v) is 6.63. The Morgan fingerprint density at radius 1 is 1.07 bits per heavy atom. The highest BCUT2D eigenvalue weighted by molar-refractivity contribution is 6.32. The molecule has 4 aromatic rings. The summed E-state index contributed by atoms with van der Waals surface area (Å²) in [6.07, 6.45) is 7.70. The molecule has 0 fully saturated rings. The number of nitrogens with one attached hydrogen (secondary N) is 2. The van der Waals surface area contributed by atoms with E-state index in [0.717, 1.165) is 23.1 Å². The lowest BCUT2D eigenvalue weighted by molar-refractivity contribution is -0.114. The highest BCUT2D eigenvalue weighted by atomic mass is 35.5. The standard InChI is InChI=1S/C33H29ClN4O4/c1-2-28(39)17-22-8-6-10-25(14-22)32(40)36-26-15-23-16-27(19-26)37-33-35-20-30(34)31(38-33)24-9-7-11-29(18-24)42-13-5-3-4-12-41-21-23/h2-4,6-11,14-16,18-20H,1,5,12-13,17,21H2,(H,36,40)(H,35,37,38)/b4-3+. The molecule has 8 nitrogen and oxygen atoms in total. The van der Waals surface area contributed by atoms with Crippen LogP contribution in [0.4, 0.5) is 17.3 Å². The fourth-order valence-corrected chi connectivity index (χ4v) is 4.59. The zero-order chi connectivity index (χ0) is 29.3. The Hall–Kier alpha value is -4.79. The summed E-state index contributed by atoms with van der Waals surface area (Å²) in [5.74, 6) is 0.626. The number of hydrogen-bond acceptors (Lipinski definition) is 7. The Bertz CT molecular complexity index is 1650. The van der Waals surface area contributed by atoms with Crippen molar-refractivity contribution in [2.45, 2.75) is 19.4 Å². The molecule has 5 rings (SSSR count). The summed E-state index contributed by atoms with van der Waals surface area (Å²) in [6.45, 7) is 4.77. The van der Waals surface area contributed by atoms with Crippen molar-refractivity contribution < 1.29 is 19.1 Å². The number of aromatic nitrogens is 2.